The molecule has 0 fully saturated rings. The molecular formula is C9H28N2. The van der Waals surface area contributed by atoms with Gasteiger partial charge in [-0.2, -0.15) is 0 Å². The van der Waals surface area contributed by atoms with Crippen molar-refractivity contribution in [2.24, 2.45) is 0 Å². The van der Waals surface area contributed by atoms with E-state index >= 15 is 0 Å². The van der Waals surface area contributed by atoms with Crippen molar-refractivity contribution in [3.8, 4) is 0 Å². The van der Waals surface area contributed by atoms with Gasteiger partial charge in [0.25, 0.3) is 0 Å². The molecule has 0 rings (SSSR count). The molecule has 0 aromatic carbocycles. The fraction of sp³-hybridized carbons (Fsp3) is 1.00. The minimum atomic E-state index is 0. The van der Waals surface area contributed by atoms with Crippen LogP contribution in [0.1, 0.15) is 36.5 Å². The highest BCUT2D eigenvalue weighted by Crippen LogP contribution is 1.82. The van der Waals surface area contributed by atoms with Gasteiger partial charge < -0.3 is 10.6 Å². The molecule has 0 heterocycles. The van der Waals surface area contributed by atoms with Crippen molar-refractivity contribution in [1.82, 2.24) is 10.6 Å². The summed E-state index contributed by atoms with van der Waals surface area (Å²) in [7, 11) is 5.64. The molecular weight excluding hydrogens is 136 g/mol. The molecule has 1 unspecified atom stereocenters. The molecule has 11 heavy (non-hydrogen) atoms. The van der Waals surface area contributed by atoms with Gasteiger partial charge in [-0.1, -0.05) is 21.8 Å². The summed E-state index contributed by atoms with van der Waals surface area (Å²) in [6.07, 6.45) is 1.06. The van der Waals surface area contributed by atoms with Crippen LogP contribution in [-0.4, -0.2) is 27.2 Å². The molecule has 0 aromatic heterocycles. The van der Waals surface area contributed by atoms with Crippen LogP contribution in [0.2, 0.25) is 0 Å². The first-order valence-corrected chi connectivity index (χ1v) is 3.31. The highest BCUT2D eigenvalue weighted by Gasteiger charge is 1.86. The van der Waals surface area contributed by atoms with Gasteiger partial charge in [-0.05, 0) is 34.5 Å². The van der Waals surface area contributed by atoms with Gasteiger partial charge in [0.05, 0.1) is 0 Å². The average Bonchev–Trinajstić information content (AvgIpc) is 1.93. The number of nitrogens with one attached hydrogen (secondary N) is 2. The average molecular weight is 166 g/mol. The van der Waals surface area contributed by atoms with Crippen LogP contribution in [0.3, 0.4) is 0 Å². The van der Waals surface area contributed by atoms with E-state index < -0.39 is 0 Å². The lowest BCUT2D eigenvalue weighted by Gasteiger charge is -2.02. The van der Waals surface area contributed by atoms with Crippen LogP contribution in [0.25, 0.3) is 0 Å². The highest BCUT2D eigenvalue weighted by atomic mass is 14.8. The smallest absolute Gasteiger partial charge is 0.0246 e. The molecule has 74 valence electrons. The lowest BCUT2D eigenvalue weighted by Crippen LogP contribution is -2.19. The van der Waals surface area contributed by atoms with E-state index in [4.69, 9.17) is 1.37 Å². The van der Waals surface area contributed by atoms with Crippen LogP contribution in [0.15, 0.2) is 0 Å². The Bertz CT molecular complexity index is 42.3. The molecule has 0 aliphatic carbocycles. The van der Waals surface area contributed by atoms with E-state index in [-0.39, 0.29) is 14.9 Å². The predicted molar refractivity (Wildman–Crippen MR) is 57.3 cm³/mol. The van der Waals surface area contributed by atoms with E-state index in [2.05, 4.69) is 17.6 Å². The molecule has 2 nitrogen and oxygen atoms in total. The molecule has 0 bridgehead atoms. The zero-order valence-corrected chi connectivity index (χ0v) is 6.99. The maximum absolute atomic E-state index is 6.90. The number of hydrogen-bond donors (Lipinski definition) is 2. The minimum Gasteiger partial charge on any atom is -0.323 e. The first-order valence-electron chi connectivity index (χ1n) is 4.02. The summed E-state index contributed by atoms with van der Waals surface area (Å²) in [4.78, 5) is 0. The number of hydrogen-bond acceptors (Lipinski definition) is 2. The second kappa shape index (κ2) is 22.5. The first kappa shape index (κ1) is 17.1. The summed E-state index contributed by atoms with van der Waals surface area (Å²) in [5.41, 5.74) is 0. The highest BCUT2D eigenvalue weighted by molar-refractivity contribution is 4.49. The summed E-state index contributed by atoms with van der Waals surface area (Å²) in [6.45, 7) is 2.57. The lowest BCUT2D eigenvalue weighted by molar-refractivity contribution is 0.593. The maximum Gasteiger partial charge on any atom is 0.0246 e. The molecule has 2 N–H and O–H groups in total. The van der Waals surface area contributed by atoms with Crippen molar-refractivity contribution >= 4 is 0 Å². The largest absolute Gasteiger partial charge is 0.323 e. The molecule has 0 aliphatic rings. The molecule has 0 spiro atoms. The zero-order chi connectivity index (χ0) is 8.41. The van der Waals surface area contributed by atoms with Crippen molar-refractivity contribution in [2.75, 3.05) is 21.1 Å². The molecule has 0 saturated heterocycles. The van der Waals surface area contributed by atoms with Crippen molar-refractivity contribution in [3.05, 3.63) is 0 Å². The van der Waals surface area contributed by atoms with E-state index in [0.717, 1.165) is 6.42 Å². The molecule has 0 radical (unpaired) electrons. The second-order valence-electron chi connectivity index (χ2n) is 1.89. The molecule has 0 amide bonds. The molecule has 0 saturated carbocycles. The third-order valence-corrected chi connectivity index (χ3v) is 0.901. The van der Waals surface area contributed by atoms with E-state index in [1.54, 1.807) is 0 Å². The maximum atomic E-state index is 6.90. The van der Waals surface area contributed by atoms with Gasteiger partial charge in [-0.15, -0.1) is 0 Å². The predicted octanol–water partition coefficient (Wildman–Crippen LogP) is 2.11. The van der Waals surface area contributed by atoms with Gasteiger partial charge in [0.1, 0.15) is 0 Å². The van der Waals surface area contributed by atoms with Crippen LogP contribution in [0, 0.1) is 0 Å². The fourth-order valence-corrected chi connectivity index (χ4v) is 0.204. The van der Waals surface area contributed by atoms with Crippen LogP contribution in [0.4, 0.5) is 0 Å². The van der Waals surface area contributed by atoms with Crippen molar-refractivity contribution in [3.63, 3.8) is 0 Å². The van der Waals surface area contributed by atoms with Crippen LogP contribution >= 0.6 is 0 Å². The van der Waals surface area contributed by atoms with Crippen molar-refractivity contribution in [2.45, 2.75) is 41.1 Å². The number of rotatable bonds is 2. The third kappa shape index (κ3) is 40.5. The topological polar surface area (TPSA) is 24.1 Å². The lowest BCUT2D eigenvalue weighted by atomic mass is 10.3. The SMILES string of the molecule is C.C.CNC.[3H]CC(CC)NC. The van der Waals surface area contributed by atoms with Gasteiger partial charge in [-0.3, -0.25) is 0 Å². The van der Waals surface area contributed by atoms with E-state index in [9.17, 15) is 0 Å². The summed E-state index contributed by atoms with van der Waals surface area (Å²) in [5, 5.41) is 5.76. The second-order valence-corrected chi connectivity index (χ2v) is 1.89. The van der Waals surface area contributed by atoms with Crippen LogP contribution in [-0.2, 0) is 0 Å². The Morgan fingerprint density at radius 2 is 1.64 bits per heavy atom. The third-order valence-electron chi connectivity index (χ3n) is 0.901. The minimum absolute atomic E-state index is 0. The van der Waals surface area contributed by atoms with E-state index in [1.165, 1.54) is 0 Å². The fourth-order valence-electron chi connectivity index (χ4n) is 0.204. The Kier molecular flexibility index (Phi) is 35.1. The van der Waals surface area contributed by atoms with Crippen LogP contribution < -0.4 is 10.6 Å². The summed E-state index contributed by atoms with van der Waals surface area (Å²) in [5.74, 6) is 0. The van der Waals surface area contributed by atoms with Gasteiger partial charge in [0.2, 0.25) is 0 Å². The Hall–Kier alpha value is -0.0800. The van der Waals surface area contributed by atoms with Gasteiger partial charge in [0.15, 0.2) is 0 Å². The molecule has 0 aliphatic heterocycles. The monoisotopic (exact) mass is 166 g/mol. The van der Waals surface area contributed by atoms with Crippen molar-refractivity contribution in [1.29, 1.82) is 0 Å². The molecule has 2 heteroatoms. The summed E-state index contributed by atoms with van der Waals surface area (Å²) in [6, 6.07) is 0.403. The van der Waals surface area contributed by atoms with E-state index in [1.807, 2.05) is 21.1 Å². The summed E-state index contributed by atoms with van der Waals surface area (Å²) < 4.78 is 6.90. The van der Waals surface area contributed by atoms with Gasteiger partial charge >= 0.3 is 0 Å². The first-order chi connectivity index (χ1) is 4.76. The molecule has 0 aromatic rings. The molecule has 1 atom stereocenters. The quantitative estimate of drug-likeness (QED) is 0.656. The normalized spacial score (nSPS) is 10.7. The van der Waals surface area contributed by atoms with Gasteiger partial charge in [0, 0.05) is 7.41 Å². The Labute approximate surface area is 75.2 Å². The zero-order valence-electron chi connectivity index (χ0n) is 7.99. The summed E-state index contributed by atoms with van der Waals surface area (Å²) >= 11 is 0. The van der Waals surface area contributed by atoms with E-state index in [0.29, 0.717) is 12.9 Å². The Balaban J connectivity index is -0.0000000569. The Morgan fingerprint density at radius 1 is 1.27 bits per heavy atom. The standard InChI is InChI=1S/C5H13N.C2H7N.2CH4/c1-4-5(2)6-3;1-3-2;;/h5-6H,4H2,1-3H3;3H,1-2H3;2*1H4/i2T;;;. The van der Waals surface area contributed by atoms with Crippen LogP contribution in [0.5, 0.6) is 0 Å². The van der Waals surface area contributed by atoms with Crippen molar-refractivity contribution < 1.29 is 1.37 Å². The Morgan fingerprint density at radius 3 is 1.64 bits per heavy atom. The van der Waals surface area contributed by atoms with Gasteiger partial charge in [-0.25, -0.2) is 0 Å².